The lowest BCUT2D eigenvalue weighted by Gasteiger charge is -2.02. The van der Waals surface area contributed by atoms with Crippen LogP contribution in [0.15, 0.2) is 18.5 Å². The third-order valence-corrected chi connectivity index (χ3v) is 1.55. The Bertz CT molecular complexity index is 306. The van der Waals surface area contributed by atoms with Crippen LogP contribution < -0.4 is 5.32 Å². The van der Waals surface area contributed by atoms with Gasteiger partial charge < -0.3 is 5.32 Å². The summed E-state index contributed by atoms with van der Waals surface area (Å²) in [7, 11) is 0. The topological polar surface area (TPSA) is 42.0 Å². The number of rotatable bonds is 3. The molecular weight excluding hydrogens is 191 g/mol. The molecule has 1 heterocycles. The second-order valence-corrected chi connectivity index (χ2v) is 2.86. The lowest BCUT2D eigenvalue weighted by atomic mass is 10.4. The summed E-state index contributed by atoms with van der Waals surface area (Å²) in [5, 5.41) is 2.49. The highest BCUT2D eigenvalue weighted by atomic mass is 32.1. The Kier molecular flexibility index (Phi) is 3.70. The zero-order valence-electron chi connectivity index (χ0n) is 6.83. The number of hydrogen-bond acceptors (Lipinski definition) is 3. The summed E-state index contributed by atoms with van der Waals surface area (Å²) < 4.78 is 12.6. The quantitative estimate of drug-likeness (QED) is 0.726. The Morgan fingerprint density at radius 2 is 2.38 bits per heavy atom. The molecule has 5 heteroatoms. The monoisotopic (exact) mass is 200 g/mol. The number of nitrogens with zero attached hydrogens (tertiary/aromatic N) is 1. The van der Waals surface area contributed by atoms with Crippen LogP contribution in [0, 0.1) is 5.82 Å². The molecule has 0 aliphatic carbocycles. The van der Waals surface area contributed by atoms with Gasteiger partial charge in [-0.25, -0.2) is 4.39 Å². The van der Waals surface area contributed by atoms with E-state index < -0.39 is 5.82 Å². The molecule has 0 saturated heterocycles. The van der Waals surface area contributed by atoms with E-state index in [-0.39, 0.29) is 5.91 Å². The van der Waals surface area contributed by atoms with E-state index in [4.69, 9.17) is 0 Å². The summed E-state index contributed by atoms with van der Waals surface area (Å²) >= 11 is 3.90. The smallest absolute Gasteiger partial charge is 0.225 e. The van der Waals surface area contributed by atoms with Gasteiger partial charge in [-0.2, -0.15) is 12.6 Å². The van der Waals surface area contributed by atoms with Crippen molar-refractivity contribution in [2.45, 2.75) is 6.42 Å². The van der Waals surface area contributed by atoms with Crippen LogP contribution in [0.4, 0.5) is 10.1 Å². The van der Waals surface area contributed by atoms with Gasteiger partial charge in [0.2, 0.25) is 5.91 Å². The average molecular weight is 200 g/mol. The fourth-order valence-corrected chi connectivity index (χ4v) is 1.01. The molecule has 1 aromatic heterocycles. The molecule has 0 spiro atoms. The second kappa shape index (κ2) is 4.81. The predicted octanol–water partition coefficient (Wildman–Crippen LogP) is 1.48. The van der Waals surface area contributed by atoms with Gasteiger partial charge in [0.05, 0.1) is 18.1 Å². The van der Waals surface area contributed by atoms with Crippen LogP contribution in [0.5, 0.6) is 0 Å². The van der Waals surface area contributed by atoms with E-state index in [1.54, 1.807) is 0 Å². The molecule has 0 aromatic carbocycles. The number of aromatic nitrogens is 1. The molecule has 1 amide bonds. The minimum Gasteiger partial charge on any atom is -0.325 e. The number of anilines is 1. The standard InChI is InChI=1S/C8H9FN2OS/c9-6-3-7(5-10-4-6)11-8(12)1-2-13/h3-5,13H,1-2H2,(H,11,12). The highest BCUT2D eigenvalue weighted by Gasteiger charge is 2.01. The van der Waals surface area contributed by atoms with Crippen molar-refractivity contribution < 1.29 is 9.18 Å². The van der Waals surface area contributed by atoms with Crippen LogP contribution in [0.1, 0.15) is 6.42 Å². The summed E-state index contributed by atoms with van der Waals surface area (Å²) in [6, 6.07) is 1.21. The summed E-state index contributed by atoms with van der Waals surface area (Å²) in [5.41, 5.74) is 0.367. The van der Waals surface area contributed by atoms with Gasteiger partial charge >= 0.3 is 0 Å². The van der Waals surface area contributed by atoms with Crippen molar-refractivity contribution in [1.29, 1.82) is 0 Å². The second-order valence-electron chi connectivity index (χ2n) is 2.41. The van der Waals surface area contributed by atoms with Crippen LogP contribution in [0.25, 0.3) is 0 Å². The maximum atomic E-state index is 12.6. The van der Waals surface area contributed by atoms with Crippen LogP contribution in [-0.4, -0.2) is 16.6 Å². The lowest BCUT2D eigenvalue weighted by molar-refractivity contribution is -0.115. The van der Waals surface area contributed by atoms with Gasteiger partial charge in [-0.15, -0.1) is 0 Å². The molecule has 1 N–H and O–H groups in total. The van der Waals surface area contributed by atoms with Crippen molar-refractivity contribution in [3.8, 4) is 0 Å². The maximum absolute atomic E-state index is 12.6. The van der Waals surface area contributed by atoms with Gasteiger partial charge in [0.1, 0.15) is 5.82 Å². The summed E-state index contributed by atoms with van der Waals surface area (Å²) in [6.07, 6.45) is 2.77. The van der Waals surface area contributed by atoms with Gasteiger partial charge in [0.15, 0.2) is 0 Å². The Morgan fingerprint density at radius 1 is 1.62 bits per heavy atom. The molecule has 0 aliphatic heterocycles. The predicted molar refractivity (Wildman–Crippen MR) is 51.3 cm³/mol. The summed E-state index contributed by atoms with van der Waals surface area (Å²) in [5.74, 6) is -0.194. The average Bonchev–Trinajstić information content (AvgIpc) is 2.04. The van der Waals surface area contributed by atoms with E-state index in [2.05, 4.69) is 22.9 Å². The summed E-state index contributed by atoms with van der Waals surface area (Å²) in [4.78, 5) is 14.6. The third kappa shape index (κ3) is 3.42. The number of amides is 1. The zero-order valence-corrected chi connectivity index (χ0v) is 7.72. The molecule has 70 valence electrons. The molecule has 0 radical (unpaired) electrons. The molecular formula is C8H9FN2OS. The van der Waals surface area contributed by atoms with Crippen molar-refractivity contribution >= 4 is 24.2 Å². The highest BCUT2D eigenvalue weighted by Crippen LogP contribution is 2.06. The molecule has 0 fully saturated rings. The largest absolute Gasteiger partial charge is 0.325 e. The number of halogens is 1. The Labute approximate surface area is 80.8 Å². The molecule has 1 rings (SSSR count). The van der Waals surface area contributed by atoms with E-state index >= 15 is 0 Å². The minimum atomic E-state index is -0.469. The Hall–Kier alpha value is -1.10. The van der Waals surface area contributed by atoms with Crippen molar-refractivity contribution in [2.24, 2.45) is 0 Å². The van der Waals surface area contributed by atoms with Gasteiger partial charge in [-0.3, -0.25) is 9.78 Å². The zero-order chi connectivity index (χ0) is 9.68. The Morgan fingerprint density at radius 3 is 3.00 bits per heavy atom. The van der Waals surface area contributed by atoms with Crippen molar-refractivity contribution in [3.05, 3.63) is 24.3 Å². The van der Waals surface area contributed by atoms with Crippen LogP contribution in [0.3, 0.4) is 0 Å². The molecule has 0 aliphatic rings. The fourth-order valence-electron chi connectivity index (χ4n) is 0.805. The van der Waals surface area contributed by atoms with Crippen LogP contribution >= 0.6 is 12.6 Å². The number of nitrogens with one attached hydrogen (secondary N) is 1. The van der Waals surface area contributed by atoms with Crippen molar-refractivity contribution in [2.75, 3.05) is 11.1 Å². The molecule has 0 unspecified atom stereocenters. The van der Waals surface area contributed by atoms with Gasteiger partial charge in [-0.05, 0) is 5.75 Å². The molecule has 0 bridgehead atoms. The number of thiol groups is 1. The number of carbonyl (C=O) groups is 1. The van der Waals surface area contributed by atoms with Crippen molar-refractivity contribution in [1.82, 2.24) is 4.98 Å². The number of hydrogen-bond donors (Lipinski definition) is 2. The first kappa shape index (κ1) is 9.98. The summed E-state index contributed by atoms with van der Waals surface area (Å²) in [6.45, 7) is 0. The SMILES string of the molecule is O=C(CCS)Nc1cncc(F)c1. The first-order valence-corrected chi connectivity index (χ1v) is 4.37. The van der Waals surface area contributed by atoms with E-state index in [0.717, 1.165) is 6.20 Å². The lowest BCUT2D eigenvalue weighted by Crippen LogP contribution is -2.11. The molecule has 1 aromatic rings. The highest BCUT2D eigenvalue weighted by molar-refractivity contribution is 7.80. The van der Waals surface area contributed by atoms with E-state index in [0.29, 0.717) is 17.9 Å². The van der Waals surface area contributed by atoms with Crippen LogP contribution in [-0.2, 0) is 4.79 Å². The minimum absolute atomic E-state index is 0.192. The fraction of sp³-hybridized carbons (Fsp3) is 0.250. The van der Waals surface area contributed by atoms with E-state index in [9.17, 15) is 9.18 Å². The molecule has 0 atom stereocenters. The normalized spacial score (nSPS) is 9.69. The van der Waals surface area contributed by atoms with E-state index in [1.165, 1.54) is 12.3 Å². The van der Waals surface area contributed by atoms with Gasteiger partial charge in [-0.1, -0.05) is 0 Å². The molecule has 0 saturated carbocycles. The molecule has 3 nitrogen and oxygen atoms in total. The van der Waals surface area contributed by atoms with Gasteiger partial charge in [0, 0.05) is 12.5 Å². The third-order valence-electron chi connectivity index (χ3n) is 1.33. The Balaban J connectivity index is 2.58. The van der Waals surface area contributed by atoms with E-state index in [1.807, 2.05) is 0 Å². The first-order chi connectivity index (χ1) is 6.22. The van der Waals surface area contributed by atoms with Gasteiger partial charge in [0.25, 0.3) is 0 Å². The van der Waals surface area contributed by atoms with Crippen molar-refractivity contribution in [3.63, 3.8) is 0 Å². The number of pyridine rings is 1. The first-order valence-electron chi connectivity index (χ1n) is 3.73. The number of carbonyl (C=O) groups excluding carboxylic acids is 1. The van der Waals surface area contributed by atoms with Crippen LogP contribution in [0.2, 0.25) is 0 Å². The maximum Gasteiger partial charge on any atom is 0.225 e. The molecule has 13 heavy (non-hydrogen) atoms.